The summed E-state index contributed by atoms with van der Waals surface area (Å²) < 4.78 is 0. The second-order valence-electron chi connectivity index (χ2n) is 3.54. The zero-order valence-electron chi connectivity index (χ0n) is 9.85. The Bertz CT molecular complexity index is 371. The van der Waals surface area contributed by atoms with Gasteiger partial charge < -0.3 is 5.32 Å². The van der Waals surface area contributed by atoms with Crippen molar-refractivity contribution in [2.45, 2.75) is 40.2 Å². The highest BCUT2D eigenvalue weighted by molar-refractivity contribution is 7.11. The van der Waals surface area contributed by atoms with Crippen LogP contribution in [0.4, 0.5) is 0 Å². The van der Waals surface area contributed by atoms with E-state index in [1.165, 1.54) is 4.88 Å². The number of rotatable bonds is 4. The van der Waals surface area contributed by atoms with E-state index in [1.807, 2.05) is 6.92 Å². The van der Waals surface area contributed by atoms with Gasteiger partial charge in [0.2, 0.25) is 0 Å². The van der Waals surface area contributed by atoms with Crippen LogP contribution in [0.25, 0.3) is 0 Å². The Balaban J connectivity index is 2.48. The van der Waals surface area contributed by atoms with Gasteiger partial charge >= 0.3 is 0 Å². The van der Waals surface area contributed by atoms with Crippen molar-refractivity contribution in [3.63, 3.8) is 0 Å². The van der Waals surface area contributed by atoms with Gasteiger partial charge in [-0.05, 0) is 27.7 Å². The first-order chi connectivity index (χ1) is 7.15. The van der Waals surface area contributed by atoms with Crippen molar-refractivity contribution in [3.05, 3.63) is 15.6 Å². The maximum Gasteiger partial charge on any atom is 0.0900 e. The van der Waals surface area contributed by atoms with Crippen LogP contribution in [-0.2, 0) is 0 Å². The predicted octanol–water partition coefficient (Wildman–Crippen LogP) is 2.82. The molecule has 1 aromatic heterocycles. The Labute approximate surface area is 96.1 Å². The lowest BCUT2D eigenvalue weighted by molar-refractivity contribution is 0.589. The van der Waals surface area contributed by atoms with Crippen LogP contribution in [0.3, 0.4) is 0 Å². The standard InChI is InChI=1S/C12H18N2S/c1-5-6-7-8-13-9(2)12-10(3)14-11(4)15-12/h9,13H,7-8H2,1-4H3. The van der Waals surface area contributed by atoms with E-state index in [0.29, 0.717) is 6.04 Å². The minimum Gasteiger partial charge on any atom is -0.308 e. The Kier molecular flexibility index (Phi) is 4.80. The normalized spacial score (nSPS) is 12.0. The van der Waals surface area contributed by atoms with E-state index in [4.69, 9.17) is 0 Å². The third-order valence-corrected chi connectivity index (χ3v) is 3.47. The summed E-state index contributed by atoms with van der Waals surface area (Å²) >= 11 is 1.78. The van der Waals surface area contributed by atoms with Crippen LogP contribution >= 0.6 is 11.3 Å². The van der Waals surface area contributed by atoms with Gasteiger partial charge in [0.05, 0.1) is 10.7 Å². The lowest BCUT2D eigenvalue weighted by Gasteiger charge is -2.11. The van der Waals surface area contributed by atoms with Gasteiger partial charge in [0.25, 0.3) is 0 Å². The second-order valence-corrected chi connectivity index (χ2v) is 4.77. The van der Waals surface area contributed by atoms with Crippen molar-refractivity contribution in [2.75, 3.05) is 6.54 Å². The second kappa shape index (κ2) is 5.89. The maximum atomic E-state index is 4.43. The maximum absolute atomic E-state index is 4.43. The van der Waals surface area contributed by atoms with Crippen LogP contribution in [0.5, 0.6) is 0 Å². The van der Waals surface area contributed by atoms with Crippen LogP contribution in [-0.4, -0.2) is 11.5 Å². The average molecular weight is 222 g/mol. The van der Waals surface area contributed by atoms with E-state index in [0.717, 1.165) is 23.7 Å². The summed E-state index contributed by atoms with van der Waals surface area (Å²) in [6.07, 6.45) is 0.914. The van der Waals surface area contributed by atoms with E-state index < -0.39 is 0 Å². The minimum absolute atomic E-state index is 0.384. The summed E-state index contributed by atoms with van der Waals surface area (Å²) in [5.41, 5.74) is 1.15. The van der Waals surface area contributed by atoms with Crippen molar-refractivity contribution in [2.24, 2.45) is 0 Å². The van der Waals surface area contributed by atoms with Crippen molar-refractivity contribution >= 4 is 11.3 Å². The zero-order chi connectivity index (χ0) is 11.3. The highest BCUT2D eigenvalue weighted by atomic mass is 32.1. The molecule has 0 fully saturated rings. The molecular formula is C12H18N2S. The number of hydrogen-bond acceptors (Lipinski definition) is 3. The van der Waals surface area contributed by atoms with E-state index in [9.17, 15) is 0 Å². The molecule has 0 aromatic carbocycles. The number of thiazole rings is 1. The molecule has 0 radical (unpaired) electrons. The van der Waals surface area contributed by atoms with Crippen molar-refractivity contribution < 1.29 is 0 Å². The van der Waals surface area contributed by atoms with Gasteiger partial charge in [-0.3, -0.25) is 0 Å². The van der Waals surface area contributed by atoms with Crippen LogP contribution in [0.2, 0.25) is 0 Å². The Hall–Kier alpha value is -0.850. The molecule has 1 unspecified atom stereocenters. The number of nitrogens with zero attached hydrogens (tertiary/aromatic N) is 1. The van der Waals surface area contributed by atoms with Gasteiger partial charge in [-0.15, -0.1) is 23.2 Å². The fraction of sp³-hybridized carbons (Fsp3) is 0.583. The molecule has 1 atom stereocenters. The SMILES string of the molecule is CC#CCCNC(C)c1sc(C)nc1C. The fourth-order valence-electron chi connectivity index (χ4n) is 1.52. The van der Waals surface area contributed by atoms with Crippen molar-refractivity contribution in [3.8, 4) is 11.8 Å². The first-order valence-corrected chi connectivity index (χ1v) is 6.03. The summed E-state index contributed by atoms with van der Waals surface area (Å²) in [5, 5.41) is 4.60. The highest BCUT2D eigenvalue weighted by Gasteiger charge is 2.11. The van der Waals surface area contributed by atoms with E-state index >= 15 is 0 Å². The van der Waals surface area contributed by atoms with Crippen molar-refractivity contribution in [1.82, 2.24) is 10.3 Å². The Morgan fingerprint density at radius 2 is 2.20 bits per heavy atom. The predicted molar refractivity (Wildman–Crippen MR) is 66.1 cm³/mol. The highest BCUT2D eigenvalue weighted by Crippen LogP contribution is 2.24. The molecule has 0 aliphatic heterocycles. The van der Waals surface area contributed by atoms with E-state index in [-0.39, 0.29) is 0 Å². The van der Waals surface area contributed by atoms with Crippen LogP contribution in [0.15, 0.2) is 0 Å². The molecule has 15 heavy (non-hydrogen) atoms. The van der Waals surface area contributed by atoms with Crippen LogP contribution in [0.1, 0.15) is 41.9 Å². The molecule has 0 aliphatic carbocycles. The number of hydrogen-bond donors (Lipinski definition) is 1. The summed E-state index contributed by atoms with van der Waals surface area (Å²) in [6, 6.07) is 0.384. The number of aryl methyl sites for hydroxylation is 2. The number of nitrogens with one attached hydrogen (secondary N) is 1. The molecule has 3 heteroatoms. The summed E-state index contributed by atoms with van der Waals surface area (Å²) in [7, 11) is 0. The number of aromatic nitrogens is 1. The van der Waals surface area contributed by atoms with Gasteiger partial charge in [0.15, 0.2) is 0 Å². The molecule has 1 aromatic rings. The molecule has 1 N–H and O–H groups in total. The van der Waals surface area contributed by atoms with Crippen LogP contribution < -0.4 is 5.32 Å². The molecule has 0 bridgehead atoms. The zero-order valence-corrected chi connectivity index (χ0v) is 10.7. The summed E-state index contributed by atoms with van der Waals surface area (Å²) in [6.45, 7) is 9.12. The van der Waals surface area contributed by atoms with Gasteiger partial charge in [-0.25, -0.2) is 4.98 Å². The largest absolute Gasteiger partial charge is 0.308 e. The lowest BCUT2D eigenvalue weighted by Crippen LogP contribution is -2.19. The van der Waals surface area contributed by atoms with Gasteiger partial charge in [0.1, 0.15) is 0 Å². The van der Waals surface area contributed by atoms with E-state index in [2.05, 4.69) is 42.9 Å². The summed E-state index contributed by atoms with van der Waals surface area (Å²) in [4.78, 5) is 5.77. The molecule has 1 rings (SSSR count). The average Bonchev–Trinajstić information content (AvgIpc) is 2.52. The quantitative estimate of drug-likeness (QED) is 0.626. The molecule has 2 nitrogen and oxygen atoms in total. The van der Waals surface area contributed by atoms with Crippen molar-refractivity contribution in [1.29, 1.82) is 0 Å². The topological polar surface area (TPSA) is 24.9 Å². The Morgan fingerprint density at radius 1 is 1.47 bits per heavy atom. The molecule has 0 saturated heterocycles. The lowest BCUT2D eigenvalue weighted by atomic mass is 10.2. The molecule has 82 valence electrons. The third kappa shape index (κ3) is 3.65. The molecule has 0 aliphatic rings. The molecule has 0 amide bonds. The molecule has 0 spiro atoms. The van der Waals surface area contributed by atoms with Gasteiger partial charge in [-0.1, -0.05) is 0 Å². The smallest absolute Gasteiger partial charge is 0.0900 e. The minimum atomic E-state index is 0.384. The van der Waals surface area contributed by atoms with Gasteiger partial charge in [0, 0.05) is 23.9 Å². The van der Waals surface area contributed by atoms with E-state index in [1.54, 1.807) is 11.3 Å². The fourth-order valence-corrected chi connectivity index (χ4v) is 2.47. The third-order valence-electron chi connectivity index (χ3n) is 2.21. The van der Waals surface area contributed by atoms with Crippen LogP contribution in [0, 0.1) is 25.7 Å². The monoisotopic (exact) mass is 222 g/mol. The molecule has 0 saturated carbocycles. The first-order valence-electron chi connectivity index (χ1n) is 5.22. The Morgan fingerprint density at radius 3 is 2.73 bits per heavy atom. The molecule has 1 heterocycles. The molecular weight excluding hydrogens is 204 g/mol. The van der Waals surface area contributed by atoms with Gasteiger partial charge in [-0.2, -0.15) is 0 Å². The first kappa shape index (κ1) is 12.2. The summed E-state index contributed by atoms with van der Waals surface area (Å²) in [5.74, 6) is 5.95.